The Balaban J connectivity index is 2.20. The molecule has 0 radical (unpaired) electrons. The summed E-state index contributed by atoms with van der Waals surface area (Å²) in [5.41, 5.74) is 0.530. The molecule has 0 spiro atoms. The summed E-state index contributed by atoms with van der Waals surface area (Å²) in [6.07, 6.45) is 6.27. The number of carbonyl (C=O) groups excluding carboxylic acids is 1. The molecule has 1 fully saturated rings. The molecule has 1 aromatic rings. The highest BCUT2D eigenvalue weighted by Gasteiger charge is 2.29. The molecule has 2 rings (SSSR count). The molecule has 1 N–H and O–H groups in total. The molecule has 1 amide bonds. The van der Waals surface area contributed by atoms with E-state index in [0.717, 1.165) is 13.0 Å². The van der Waals surface area contributed by atoms with Gasteiger partial charge in [-0.05, 0) is 31.7 Å². The lowest BCUT2D eigenvalue weighted by Crippen LogP contribution is -2.42. The maximum Gasteiger partial charge on any atom is 0.255 e. The third-order valence-electron chi connectivity index (χ3n) is 4.33. The first-order valence-corrected chi connectivity index (χ1v) is 8.09. The third-order valence-corrected chi connectivity index (χ3v) is 4.63. The molecule has 1 aromatic heterocycles. The van der Waals surface area contributed by atoms with Gasteiger partial charge in [-0.2, -0.15) is 0 Å². The normalized spacial score (nSPS) is 21.9. The zero-order valence-corrected chi connectivity index (χ0v) is 13.8. The van der Waals surface area contributed by atoms with Crippen molar-refractivity contribution in [2.24, 2.45) is 5.92 Å². The average Bonchev–Trinajstić information content (AvgIpc) is 2.48. The van der Waals surface area contributed by atoms with Crippen molar-refractivity contribution in [2.45, 2.75) is 45.6 Å². The highest BCUT2D eigenvalue weighted by atomic mass is 35.5. The lowest BCUT2D eigenvalue weighted by molar-refractivity contribution is 0.0629. The van der Waals surface area contributed by atoms with Crippen molar-refractivity contribution >= 4 is 23.3 Å². The molecule has 0 bridgehead atoms. The fourth-order valence-electron chi connectivity index (χ4n) is 3.09. The molecule has 0 aromatic carbocycles. The van der Waals surface area contributed by atoms with Crippen LogP contribution in [0.15, 0.2) is 12.3 Å². The average molecular weight is 310 g/mol. The number of nitrogens with zero attached hydrogens (tertiary/aromatic N) is 2. The molecular weight excluding hydrogens is 286 g/mol. The number of hydrogen-bond acceptors (Lipinski definition) is 3. The molecule has 2 atom stereocenters. The van der Waals surface area contributed by atoms with Crippen LogP contribution >= 0.6 is 11.6 Å². The molecular formula is C16H24ClN3O. The van der Waals surface area contributed by atoms with E-state index in [-0.39, 0.29) is 5.91 Å². The summed E-state index contributed by atoms with van der Waals surface area (Å²) in [5, 5.41) is 3.53. The first kappa shape index (κ1) is 16.1. The summed E-state index contributed by atoms with van der Waals surface area (Å²) in [6, 6.07) is 2.05. The van der Waals surface area contributed by atoms with Gasteiger partial charge in [-0.25, -0.2) is 4.98 Å². The minimum absolute atomic E-state index is 0.0136. The fourth-order valence-corrected chi connectivity index (χ4v) is 3.28. The van der Waals surface area contributed by atoms with Crippen LogP contribution in [-0.2, 0) is 0 Å². The van der Waals surface area contributed by atoms with Crippen molar-refractivity contribution in [3.63, 3.8) is 0 Å². The summed E-state index contributed by atoms with van der Waals surface area (Å²) in [7, 11) is 1.89. The number of hydrogen-bond donors (Lipinski definition) is 1. The number of anilines is 1. The second-order valence-corrected chi connectivity index (χ2v) is 6.23. The minimum atomic E-state index is -0.0136. The summed E-state index contributed by atoms with van der Waals surface area (Å²) in [6.45, 7) is 4.98. The van der Waals surface area contributed by atoms with Crippen LogP contribution in [0.4, 0.5) is 5.82 Å². The Hall–Kier alpha value is -1.29. The number of carbonyl (C=O) groups is 1. The Morgan fingerprint density at radius 2 is 2.19 bits per heavy atom. The van der Waals surface area contributed by atoms with E-state index in [1.54, 1.807) is 12.3 Å². The zero-order valence-electron chi connectivity index (χ0n) is 13.0. The van der Waals surface area contributed by atoms with Crippen LogP contribution in [0.2, 0.25) is 5.02 Å². The number of rotatable bonds is 4. The number of nitrogens with one attached hydrogen (secondary N) is 1. The van der Waals surface area contributed by atoms with Gasteiger partial charge in [0.05, 0.1) is 10.6 Å². The van der Waals surface area contributed by atoms with E-state index in [9.17, 15) is 4.79 Å². The molecule has 2 unspecified atom stereocenters. The van der Waals surface area contributed by atoms with Gasteiger partial charge in [0.1, 0.15) is 5.82 Å². The van der Waals surface area contributed by atoms with Gasteiger partial charge in [-0.1, -0.05) is 31.4 Å². The van der Waals surface area contributed by atoms with E-state index in [1.165, 1.54) is 19.3 Å². The van der Waals surface area contributed by atoms with Crippen LogP contribution < -0.4 is 5.32 Å². The van der Waals surface area contributed by atoms with Crippen LogP contribution in [-0.4, -0.2) is 35.4 Å². The van der Waals surface area contributed by atoms with E-state index in [0.29, 0.717) is 28.4 Å². The predicted octanol–water partition coefficient (Wildman–Crippen LogP) is 3.82. The molecule has 116 valence electrons. The highest BCUT2D eigenvalue weighted by Crippen LogP contribution is 2.29. The maximum absolute atomic E-state index is 12.8. The summed E-state index contributed by atoms with van der Waals surface area (Å²) >= 11 is 6.17. The first-order valence-electron chi connectivity index (χ1n) is 7.71. The Bertz CT molecular complexity index is 506. The number of aromatic nitrogens is 1. The smallest absolute Gasteiger partial charge is 0.255 e. The van der Waals surface area contributed by atoms with Crippen LogP contribution in [0, 0.1) is 5.92 Å². The van der Waals surface area contributed by atoms with Crippen molar-refractivity contribution in [1.82, 2.24) is 9.88 Å². The molecule has 0 saturated heterocycles. The van der Waals surface area contributed by atoms with Gasteiger partial charge >= 0.3 is 0 Å². The lowest BCUT2D eigenvalue weighted by Gasteiger charge is -2.36. The van der Waals surface area contributed by atoms with Gasteiger partial charge in [0.25, 0.3) is 5.91 Å². The second-order valence-electron chi connectivity index (χ2n) is 5.82. The molecule has 1 aliphatic carbocycles. The monoisotopic (exact) mass is 309 g/mol. The second kappa shape index (κ2) is 7.12. The largest absolute Gasteiger partial charge is 0.370 e. The molecule has 21 heavy (non-hydrogen) atoms. The van der Waals surface area contributed by atoms with Gasteiger partial charge in [0, 0.05) is 25.8 Å². The summed E-state index contributed by atoms with van der Waals surface area (Å²) in [4.78, 5) is 18.8. The van der Waals surface area contributed by atoms with Gasteiger partial charge in [-0.3, -0.25) is 4.79 Å². The van der Waals surface area contributed by atoms with Crippen molar-refractivity contribution in [1.29, 1.82) is 0 Å². The topological polar surface area (TPSA) is 45.2 Å². The SMILES string of the molecule is CCNc1cc(C(=O)N(C)C2CCCCC2C)c(Cl)cn1. The summed E-state index contributed by atoms with van der Waals surface area (Å²) < 4.78 is 0. The van der Waals surface area contributed by atoms with E-state index < -0.39 is 0 Å². The van der Waals surface area contributed by atoms with Crippen molar-refractivity contribution < 1.29 is 4.79 Å². The first-order chi connectivity index (χ1) is 10.0. The van der Waals surface area contributed by atoms with E-state index >= 15 is 0 Å². The lowest BCUT2D eigenvalue weighted by atomic mass is 9.85. The molecule has 5 heteroatoms. The minimum Gasteiger partial charge on any atom is -0.370 e. The molecule has 1 aliphatic rings. The molecule has 1 heterocycles. The molecule has 1 saturated carbocycles. The van der Waals surface area contributed by atoms with Gasteiger partial charge in [0.2, 0.25) is 0 Å². The molecule has 4 nitrogen and oxygen atoms in total. The van der Waals surface area contributed by atoms with E-state index in [2.05, 4.69) is 17.2 Å². The predicted molar refractivity (Wildman–Crippen MR) is 86.9 cm³/mol. The number of halogens is 1. The van der Waals surface area contributed by atoms with Crippen LogP contribution in [0.3, 0.4) is 0 Å². The van der Waals surface area contributed by atoms with Crippen LogP contribution in [0.5, 0.6) is 0 Å². The fraction of sp³-hybridized carbons (Fsp3) is 0.625. The van der Waals surface area contributed by atoms with Crippen LogP contribution in [0.1, 0.15) is 49.9 Å². The maximum atomic E-state index is 12.8. The van der Waals surface area contributed by atoms with Crippen molar-refractivity contribution in [2.75, 3.05) is 18.9 Å². The Kier molecular flexibility index (Phi) is 5.45. The summed E-state index contributed by atoms with van der Waals surface area (Å²) in [5.74, 6) is 1.22. The Labute approximate surface area is 131 Å². The number of pyridine rings is 1. The van der Waals surface area contributed by atoms with Gasteiger partial charge in [0.15, 0.2) is 0 Å². The molecule has 0 aliphatic heterocycles. The number of amides is 1. The quantitative estimate of drug-likeness (QED) is 0.919. The van der Waals surface area contributed by atoms with Crippen molar-refractivity contribution in [3.05, 3.63) is 22.8 Å². The standard InChI is InChI=1S/C16H24ClN3O/c1-4-18-15-9-12(13(17)10-19-15)16(21)20(3)14-8-6-5-7-11(14)2/h9-11,14H,4-8H2,1-3H3,(H,18,19). The zero-order chi connectivity index (χ0) is 15.4. The van der Waals surface area contributed by atoms with E-state index in [1.807, 2.05) is 18.9 Å². The highest BCUT2D eigenvalue weighted by molar-refractivity contribution is 6.33. The Morgan fingerprint density at radius 3 is 2.86 bits per heavy atom. The van der Waals surface area contributed by atoms with E-state index in [4.69, 9.17) is 11.6 Å². The van der Waals surface area contributed by atoms with Gasteiger partial charge < -0.3 is 10.2 Å². The van der Waals surface area contributed by atoms with Crippen molar-refractivity contribution in [3.8, 4) is 0 Å². The third kappa shape index (κ3) is 3.67. The Morgan fingerprint density at radius 1 is 1.48 bits per heavy atom. The van der Waals surface area contributed by atoms with Crippen LogP contribution in [0.25, 0.3) is 0 Å². The van der Waals surface area contributed by atoms with Gasteiger partial charge in [-0.15, -0.1) is 0 Å².